The van der Waals surface area contributed by atoms with Crippen molar-refractivity contribution in [3.8, 4) is 0 Å². The summed E-state index contributed by atoms with van der Waals surface area (Å²) in [6.45, 7) is 1.64. The van der Waals surface area contributed by atoms with Crippen molar-refractivity contribution in [1.29, 1.82) is 0 Å². The van der Waals surface area contributed by atoms with Crippen LogP contribution in [-0.4, -0.2) is 26.5 Å². The van der Waals surface area contributed by atoms with Crippen molar-refractivity contribution in [2.45, 2.75) is 17.2 Å². The lowest BCUT2D eigenvalue weighted by atomic mass is 9.87. The van der Waals surface area contributed by atoms with Crippen LogP contribution in [-0.2, 0) is 0 Å². The zero-order valence-corrected chi connectivity index (χ0v) is 13.7. The Balaban J connectivity index is 2.45. The quantitative estimate of drug-likeness (QED) is 0.781. The number of aromatic carboxylic acids is 2. The van der Waals surface area contributed by atoms with Crippen LogP contribution in [0.15, 0.2) is 48.5 Å². The first-order valence-corrected chi connectivity index (χ1v) is 7.50. The molecule has 6 heteroatoms. The summed E-state index contributed by atoms with van der Waals surface area (Å²) in [4.78, 5) is 21.9. The zero-order chi connectivity index (χ0) is 17.2. The van der Waals surface area contributed by atoms with Gasteiger partial charge in [0.2, 0.25) is 0 Å². The van der Waals surface area contributed by atoms with Crippen LogP contribution in [0.4, 0.5) is 0 Å². The lowest BCUT2D eigenvalue weighted by Crippen LogP contribution is -2.21. The summed E-state index contributed by atoms with van der Waals surface area (Å²) in [5.74, 6) is -2.46. The van der Waals surface area contributed by atoms with E-state index in [2.05, 4.69) is 0 Å². The van der Waals surface area contributed by atoms with Crippen molar-refractivity contribution in [3.63, 3.8) is 0 Å². The fourth-order valence-corrected chi connectivity index (χ4v) is 2.92. The van der Waals surface area contributed by atoms with E-state index >= 15 is 0 Å². The molecule has 120 valence electrons. The molecule has 0 saturated carbocycles. The minimum absolute atomic E-state index is 0.166. The molecule has 0 bridgehead atoms. The summed E-state index contributed by atoms with van der Waals surface area (Å²) in [6.07, 6.45) is 0. The Kier molecular flexibility index (Phi) is 4.97. The van der Waals surface area contributed by atoms with Gasteiger partial charge in [0.25, 0.3) is 0 Å². The van der Waals surface area contributed by atoms with Crippen LogP contribution in [0.3, 0.4) is 0 Å². The summed E-state index contributed by atoms with van der Waals surface area (Å²) < 4.78 is -1.16. The molecule has 0 aromatic heterocycles. The van der Waals surface area contributed by atoms with Crippen LogP contribution in [0.5, 0.6) is 0 Å². The molecule has 0 saturated heterocycles. The Morgan fingerprint density at radius 1 is 0.826 bits per heavy atom. The molecule has 0 radical (unpaired) electrons. The van der Waals surface area contributed by atoms with Gasteiger partial charge in [0, 0.05) is 5.92 Å². The van der Waals surface area contributed by atoms with Crippen molar-refractivity contribution < 1.29 is 19.8 Å². The number of alkyl halides is 2. The molecule has 0 aliphatic heterocycles. The lowest BCUT2D eigenvalue weighted by molar-refractivity contribution is 0.0686. The van der Waals surface area contributed by atoms with Gasteiger partial charge in [0.05, 0.1) is 11.1 Å². The molecule has 0 heterocycles. The highest BCUT2D eigenvalue weighted by atomic mass is 35.5. The Bertz CT molecular complexity index is 658. The first-order valence-electron chi connectivity index (χ1n) is 6.74. The van der Waals surface area contributed by atoms with Crippen LogP contribution in [0.1, 0.15) is 44.7 Å². The van der Waals surface area contributed by atoms with Crippen molar-refractivity contribution in [1.82, 2.24) is 0 Å². The second kappa shape index (κ2) is 6.60. The maximum absolute atomic E-state index is 10.9. The van der Waals surface area contributed by atoms with Gasteiger partial charge < -0.3 is 10.2 Å². The van der Waals surface area contributed by atoms with Crippen molar-refractivity contribution in [2.75, 3.05) is 0 Å². The average molecular weight is 353 g/mol. The van der Waals surface area contributed by atoms with Crippen LogP contribution in [0, 0.1) is 0 Å². The highest BCUT2D eigenvalue weighted by Gasteiger charge is 2.32. The van der Waals surface area contributed by atoms with Gasteiger partial charge in [-0.25, -0.2) is 9.59 Å². The monoisotopic (exact) mass is 352 g/mol. The molecule has 2 rings (SSSR count). The van der Waals surface area contributed by atoms with Crippen LogP contribution >= 0.6 is 23.2 Å². The molecule has 0 spiro atoms. The van der Waals surface area contributed by atoms with Gasteiger partial charge in [0.1, 0.15) is 4.33 Å². The van der Waals surface area contributed by atoms with Gasteiger partial charge in [-0.1, -0.05) is 24.3 Å². The Hall–Kier alpha value is -2.04. The molecule has 0 aliphatic carbocycles. The predicted octanol–water partition coefficient (Wildman–Crippen LogP) is 4.41. The molecular weight excluding hydrogens is 339 g/mol. The van der Waals surface area contributed by atoms with Crippen LogP contribution in [0.25, 0.3) is 0 Å². The Morgan fingerprint density at radius 2 is 1.13 bits per heavy atom. The fraction of sp³-hybridized carbons (Fsp3) is 0.176. The average Bonchev–Trinajstić information content (AvgIpc) is 2.47. The van der Waals surface area contributed by atoms with Crippen molar-refractivity contribution in [2.24, 2.45) is 0 Å². The van der Waals surface area contributed by atoms with Crippen LogP contribution < -0.4 is 0 Å². The minimum Gasteiger partial charge on any atom is -0.478 e. The number of rotatable bonds is 5. The third-order valence-electron chi connectivity index (χ3n) is 3.49. The van der Waals surface area contributed by atoms with E-state index in [0.717, 1.165) is 11.1 Å². The van der Waals surface area contributed by atoms with E-state index < -0.39 is 22.2 Å². The summed E-state index contributed by atoms with van der Waals surface area (Å²) in [5.41, 5.74) is 1.82. The van der Waals surface area contributed by atoms with E-state index in [1.165, 1.54) is 24.3 Å². The van der Waals surface area contributed by atoms with E-state index in [9.17, 15) is 9.59 Å². The minimum atomic E-state index is -1.16. The van der Waals surface area contributed by atoms with Gasteiger partial charge in [-0.3, -0.25) is 0 Å². The number of carboxylic acids is 2. The van der Waals surface area contributed by atoms with Gasteiger partial charge in [0.15, 0.2) is 0 Å². The number of carboxylic acid groups (broad SMARTS) is 2. The van der Waals surface area contributed by atoms with E-state index in [0.29, 0.717) is 0 Å². The molecule has 2 aromatic rings. The molecule has 0 unspecified atom stereocenters. The second-order valence-corrected chi connectivity index (χ2v) is 7.01. The van der Waals surface area contributed by atoms with Crippen LogP contribution in [0.2, 0.25) is 0 Å². The van der Waals surface area contributed by atoms with Gasteiger partial charge >= 0.3 is 11.9 Å². The largest absolute Gasteiger partial charge is 0.478 e. The molecule has 0 aliphatic rings. The SMILES string of the molecule is CC(Cl)(Cl)C(c1ccc(C(=O)O)cc1)c1ccc(C(=O)O)cc1. The van der Waals surface area contributed by atoms with Crippen molar-refractivity contribution in [3.05, 3.63) is 70.8 Å². The maximum Gasteiger partial charge on any atom is 0.335 e. The topological polar surface area (TPSA) is 74.6 Å². The summed E-state index contributed by atoms with van der Waals surface area (Å²) >= 11 is 12.6. The lowest BCUT2D eigenvalue weighted by Gasteiger charge is -2.27. The number of hydrogen-bond donors (Lipinski definition) is 2. The molecule has 23 heavy (non-hydrogen) atoms. The first kappa shape index (κ1) is 17.3. The third-order valence-corrected chi connectivity index (χ3v) is 3.93. The molecule has 4 nitrogen and oxygen atoms in total. The highest BCUT2D eigenvalue weighted by molar-refractivity contribution is 6.48. The normalized spacial score (nSPS) is 11.5. The van der Waals surface area contributed by atoms with E-state index in [-0.39, 0.29) is 11.1 Å². The predicted molar refractivity (Wildman–Crippen MR) is 88.8 cm³/mol. The Morgan fingerprint density at radius 3 is 1.35 bits per heavy atom. The van der Waals surface area contributed by atoms with E-state index in [1.807, 2.05) is 0 Å². The maximum atomic E-state index is 10.9. The highest BCUT2D eigenvalue weighted by Crippen LogP contribution is 2.42. The zero-order valence-electron chi connectivity index (χ0n) is 12.2. The second-order valence-electron chi connectivity index (χ2n) is 5.24. The molecule has 0 atom stereocenters. The van der Waals surface area contributed by atoms with Gasteiger partial charge in [-0.2, -0.15) is 0 Å². The van der Waals surface area contributed by atoms with E-state index in [4.69, 9.17) is 33.4 Å². The molecular formula is C17H14Cl2O4. The molecule has 0 fully saturated rings. The molecule has 2 aromatic carbocycles. The standard InChI is InChI=1S/C17H14Cl2O4/c1-17(18,19)14(10-2-6-12(7-3-10)15(20)21)11-4-8-13(9-5-11)16(22)23/h2-9,14H,1H3,(H,20,21)(H,22,23). The smallest absolute Gasteiger partial charge is 0.335 e. The van der Waals surface area contributed by atoms with E-state index in [1.54, 1.807) is 31.2 Å². The summed E-state index contributed by atoms with van der Waals surface area (Å²) in [5, 5.41) is 17.9. The van der Waals surface area contributed by atoms with Crippen molar-refractivity contribution >= 4 is 35.1 Å². The Labute approximate surface area is 143 Å². The number of benzene rings is 2. The molecule has 0 amide bonds. The summed E-state index contributed by atoms with van der Waals surface area (Å²) in [6, 6.07) is 12.5. The van der Waals surface area contributed by atoms with Gasteiger partial charge in [-0.15, -0.1) is 23.2 Å². The third kappa shape index (κ3) is 4.03. The number of carbonyl (C=O) groups is 2. The number of halogens is 2. The van der Waals surface area contributed by atoms with Gasteiger partial charge in [-0.05, 0) is 42.3 Å². The molecule has 2 N–H and O–H groups in total. The summed E-state index contributed by atoms with van der Waals surface area (Å²) in [7, 11) is 0. The first-order chi connectivity index (χ1) is 10.7. The fourth-order valence-electron chi connectivity index (χ4n) is 2.41. The number of hydrogen-bond acceptors (Lipinski definition) is 2.